The third-order valence-corrected chi connectivity index (χ3v) is 5.17. The smallest absolute Gasteiger partial charge is 0.255 e. The first-order valence-electron chi connectivity index (χ1n) is 9.23. The fraction of sp³-hybridized carbons (Fsp3) is 0.130. The molecule has 0 radical (unpaired) electrons. The topological polar surface area (TPSA) is 53.2 Å². The highest BCUT2D eigenvalue weighted by atomic mass is 35.5. The normalized spacial score (nSPS) is 11.4. The average Bonchev–Trinajstić information content (AvgIpc) is 2.72. The van der Waals surface area contributed by atoms with Crippen molar-refractivity contribution in [1.82, 2.24) is 5.32 Å². The first-order chi connectivity index (χ1) is 13.9. The van der Waals surface area contributed by atoms with Gasteiger partial charge in [-0.25, -0.2) is 0 Å². The SMILES string of the molecule is Cc1c(Cl)cccc1NC(=S)NC(C)c1cccc(NC(=O)c2ccccc2)c1. The maximum Gasteiger partial charge on any atom is 0.255 e. The molecular formula is C23H22ClN3OS. The molecule has 0 heterocycles. The molecule has 0 aliphatic carbocycles. The number of benzene rings is 3. The minimum Gasteiger partial charge on any atom is -0.356 e. The predicted molar refractivity (Wildman–Crippen MR) is 125 cm³/mol. The summed E-state index contributed by atoms with van der Waals surface area (Å²) in [5, 5.41) is 10.6. The van der Waals surface area contributed by atoms with Crippen LogP contribution in [0.1, 0.15) is 34.5 Å². The van der Waals surface area contributed by atoms with Gasteiger partial charge in [-0.1, -0.05) is 48.0 Å². The van der Waals surface area contributed by atoms with Gasteiger partial charge in [0.25, 0.3) is 5.91 Å². The molecule has 29 heavy (non-hydrogen) atoms. The van der Waals surface area contributed by atoms with Crippen molar-refractivity contribution in [1.29, 1.82) is 0 Å². The number of carbonyl (C=O) groups excluding carboxylic acids is 1. The van der Waals surface area contributed by atoms with Crippen molar-refractivity contribution < 1.29 is 4.79 Å². The van der Waals surface area contributed by atoms with Gasteiger partial charge in [0.05, 0.1) is 6.04 Å². The Bertz CT molecular complexity index is 1020. The Morgan fingerprint density at radius 3 is 2.45 bits per heavy atom. The molecule has 3 rings (SSSR count). The molecule has 1 unspecified atom stereocenters. The van der Waals surface area contributed by atoms with Gasteiger partial charge in [0, 0.05) is 22.0 Å². The molecule has 0 aliphatic rings. The molecule has 0 bridgehead atoms. The van der Waals surface area contributed by atoms with E-state index in [0.717, 1.165) is 22.5 Å². The first-order valence-corrected chi connectivity index (χ1v) is 10.0. The zero-order valence-electron chi connectivity index (χ0n) is 16.2. The summed E-state index contributed by atoms with van der Waals surface area (Å²) in [5.41, 5.74) is 4.16. The van der Waals surface area contributed by atoms with Crippen molar-refractivity contribution in [2.24, 2.45) is 0 Å². The van der Waals surface area contributed by atoms with Crippen molar-refractivity contribution in [3.8, 4) is 0 Å². The maximum atomic E-state index is 12.4. The summed E-state index contributed by atoms with van der Waals surface area (Å²) in [6, 6.07) is 22.4. The van der Waals surface area contributed by atoms with E-state index in [4.69, 9.17) is 23.8 Å². The number of rotatable bonds is 5. The summed E-state index contributed by atoms with van der Waals surface area (Å²) in [6.07, 6.45) is 0. The molecule has 0 fully saturated rings. The zero-order chi connectivity index (χ0) is 20.8. The van der Waals surface area contributed by atoms with Gasteiger partial charge in [0.2, 0.25) is 0 Å². The highest BCUT2D eigenvalue weighted by molar-refractivity contribution is 7.80. The molecule has 148 valence electrons. The van der Waals surface area contributed by atoms with E-state index in [1.165, 1.54) is 0 Å². The van der Waals surface area contributed by atoms with E-state index >= 15 is 0 Å². The number of anilines is 2. The molecule has 1 atom stereocenters. The standard InChI is InChI=1S/C23H22ClN3OS/c1-15-20(24)12-7-13-21(15)27-23(29)25-16(2)18-10-6-11-19(14-18)26-22(28)17-8-4-3-5-9-17/h3-14,16H,1-2H3,(H,26,28)(H2,25,27,29). The molecule has 0 saturated carbocycles. The second-order valence-corrected chi connectivity index (χ2v) is 7.49. The fourth-order valence-corrected chi connectivity index (χ4v) is 3.32. The van der Waals surface area contributed by atoms with E-state index in [9.17, 15) is 4.79 Å². The lowest BCUT2D eigenvalue weighted by atomic mass is 10.1. The van der Waals surface area contributed by atoms with Crippen LogP contribution in [0, 0.1) is 6.92 Å². The van der Waals surface area contributed by atoms with Gasteiger partial charge < -0.3 is 16.0 Å². The minimum absolute atomic E-state index is 0.0527. The summed E-state index contributed by atoms with van der Waals surface area (Å²) in [7, 11) is 0. The van der Waals surface area contributed by atoms with Crippen molar-refractivity contribution in [3.05, 3.63) is 94.5 Å². The van der Waals surface area contributed by atoms with Gasteiger partial charge in [-0.3, -0.25) is 4.79 Å². The summed E-state index contributed by atoms with van der Waals surface area (Å²) in [5.74, 6) is -0.142. The summed E-state index contributed by atoms with van der Waals surface area (Å²) in [6.45, 7) is 3.95. The molecule has 3 aromatic carbocycles. The Morgan fingerprint density at radius 1 is 0.966 bits per heavy atom. The molecule has 1 amide bonds. The molecule has 0 spiro atoms. The second-order valence-electron chi connectivity index (χ2n) is 6.68. The Morgan fingerprint density at radius 2 is 1.69 bits per heavy atom. The summed E-state index contributed by atoms with van der Waals surface area (Å²) >= 11 is 11.6. The Labute approximate surface area is 181 Å². The fourth-order valence-electron chi connectivity index (χ4n) is 2.86. The number of carbonyl (C=O) groups is 1. The van der Waals surface area contributed by atoms with Gasteiger partial charge >= 0.3 is 0 Å². The van der Waals surface area contributed by atoms with E-state index in [2.05, 4.69) is 16.0 Å². The van der Waals surface area contributed by atoms with Crippen LogP contribution in [0.5, 0.6) is 0 Å². The van der Waals surface area contributed by atoms with Gasteiger partial charge in [-0.2, -0.15) is 0 Å². The van der Waals surface area contributed by atoms with Crippen molar-refractivity contribution in [2.45, 2.75) is 19.9 Å². The third-order valence-electron chi connectivity index (χ3n) is 4.54. The van der Waals surface area contributed by atoms with Crippen LogP contribution in [0.4, 0.5) is 11.4 Å². The third kappa shape index (κ3) is 5.56. The molecule has 6 heteroatoms. The van der Waals surface area contributed by atoms with Crippen LogP contribution in [0.25, 0.3) is 0 Å². The number of hydrogen-bond donors (Lipinski definition) is 3. The molecule has 0 aliphatic heterocycles. The van der Waals surface area contributed by atoms with Crippen LogP contribution >= 0.6 is 23.8 Å². The summed E-state index contributed by atoms with van der Waals surface area (Å²) < 4.78 is 0. The van der Waals surface area contributed by atoms with Crippen LogP contribution < -0.4 is 16.0 Å². The quantitative estimate of drug-likeness (QED) is 0.444. The molecule has 0 aromatic heterocycles. The lowest BCUT2D eigenvalue weighted by Gasteiger charge is -2.19. The van der Waals surface area contributed by atoms with Crippen molar-refractivity contribution >= 4 is 46.2 Å². The number of nitrogens with one attached hydrogen (secondary N) is 3. The Kier molecular flexibility index (Phi) is 6.86. The van der Waals surface area contributed by atoms with Gasteiger partial charge in [0.1, 0.15) is 0 Å². The molecule has 0 saturated heterocycles. The van der Waals surface area contributed by atoms with Gasteiger partial charge in [-0.15, -0.1) is 0 Å². The molecular weight excluding hydrogens is 402 g/mol. The van der Waals surface area contributed by atoms with E-state index in [-0.39, 0.29) is 11.9 Å². The van der Waals surface area contributed by atoms with Crippen LogP contribution in [0.15, 0.2) is 72.8 Å². The Hall–Kier alpha value is -2.89. The largest absolute Gasteiger partial charge is 0.356 e. The molecule has 4 nitrogen and oxygen atoms in total. The van der Waals surface area contributed by atoms with E-state index < -0.39 is 0 Å². The highest BCUT2D eigenvalue weighted by Crippen LogP contribution is 2.23. The van der Waals surface area contributed by atoms with Crippen molar-refractivity contribution in [3.63, 3.8) is 0 Å². The molecule has 3 N–H and O–H groups in total. The summed E-state index contributed by atoms with van der Waals surface area (Å²) in [4.78, 5) is 12.4. The van der Waals surface area contributed by atoms with Crippen LogP contribution in [-0.4, -0.2) is 11.0 Å². The van der Waals surface area contributed by atoms with Gasteiger partial charge in [0.15, 0.2) is 5.11 Å². The lowest BCUT2D eigenvalue weighted by Crippen LogP contribution is -2.31. The highest BCUT2D eigenvalue weighted by Gasteiger charge is 2.11. The van der Waals surface area contributed by atoms with Crippen LogP contribution in [0.3, 0.4) is 0 Å². The van der Waals surface area contributed by atoms with Gasteiger partial charge in [-0.05, 0) is 73.6 Å². The van der Waals surface area contributed by atoms with Crippen LogP contribution in [0.2, 0.25) is 5.02 Å². The van der Waals surface area contributed by atoms with Crippen LogP contribution in [-0.2, 0) is 0 Å². The first kappa shape index (κ1) is 20.8. The number of halogens is 1. The second kappa shape index (κ2) is 9.54. The number of hydrogen-bond acceptors (Lipinski definition) is 2. The number of thiocarbonyl (C=S) groups is 1. The average molecular weight is 424 g/mol. The maximum absolute atomic E-state index is 12.4. The van der Waals surface area contributed by atoms with Crippen molar-refractivity contribution in [2.75, 3.05) is 10.6 Å². The zero-order valence-corrected chi connectivity index (χ0v) is 17.8. The Balaban J connectivity index is 1.64. The number of amides is 1. The lowest BCUT2D eigenvalue weighted by molar-refractivity contribution is 0.102. The van der Waals surface area contributed by atoms with E-state index in [0.29, 0.717) is 15.7 Å². The van der Waals surface area contributed by atoms with E-state index in [1.807, 2.05) is 74.5 Å². The van der Waals surface area contributed by atoms with E-state index in [1.54, 1.807) is 12.1 Å². The monoisotopic (exact) mass is 423 g/mol. The minimum atomic E-state index is -0.142. The predicted octanol–water partition coefficient (Wildman–Crippen LogP) is 5.95. The molecule has 3 aromatic rings.